The van der Waals surface area contributed by atoms with Crippen molar-refractivity contribution in [2.24, 2.45) is 10.9 Å². The molecule has 0 spiro atoms. The van der Waals surface area contributed by atoms with E-state index in [1.807, 2.05) is 13.8 Å². The number of oxime groups is 1. The van der Waals surface area contributed by atoms with E-state index in [4.69, 9.17) is 20.4 Å². The van der Waals surface area contributed by atoms with E-state index in [1.165, 1.54) is 0 Å². The maximum Gasteiger partial charge on any atom is 0.213 e. The molecular weight excluding hydrogens is 222 g/mol. The molecule has 1 heterocycles. The number of nitrogens with two attached hydrogens (primary N) is 1. The summed E-state index contributed by atoms with van der Waals surface area (Å²) in [6.45, 7) is 4.81. The Morgan fingerprint density at radius 1 is 1.47 bits per heavy atom. The molecule has 0 atom stereocenters. The summed E-state index contributed by atoms with van der Waals surface area (Å²) in [6.07, 6.45) is 0.176. The van der Waals surface area contributed by atoms with Crippen LogP contribution in [0.15, 0.2) is 23.4 Å². The summed E-state index contributed by atoms with van der Waals surface area (Å²) in [6, 6.07) is 5.05. The summed E-state index contributed by atoms with van der Waals surface area (Å²) in [7, 11) is 0. The van der Waals surface area contributed by atoms with Gasteiger partial charge in [-0.3, -0.25) is 0 Å². The number of ether oxygens (including phenoxy) is 2. The van der Waals surface area contributed by atoms with Crippen LogP contribution in [-0.4, -0.2) is 35.3 Å². The second-order valence-corrected chi connectivity index (χ2v) is 3.61. The lowest BCUT2D eigenvalue weighted by atomic mass is 10.3. The molecule has 0 aliphatic rings. The lowest BCUT2D eigenvalue weighted by Gasteiger charge is -2.09. The van der Waals surface area contributed by atoms with E-state index in [2.05, 4.69) is 10.1 Å². The van der Waals surface area contributed by atoms with Crippen LogP contribution in [0.5, 0.6) is 5.88 Å². The first-order chi connectivity index (χ1) is 8.13. The summed E-state index contributed by atoms with van der Waals surface area (Å²) < 4.78 is 10.7. The Hall–Kier alpha value is -1.82. The van der Waals surface area contributed by atoms with E-state index in [9.17, 15) is 0 Å². The van der Waals surface area contributed by atoms with E-state index in [1.54, 1.807) is 18.2 Å². The minimum Gasteiger partial charge on any atom is -0.475 e. The highest BCUT2D eigenvalue weighted by Crippen LogP contribution is 2.07. The van der Waals surface area contributed by atoms with Crippen LogP contribution in [0.3, 0.4) is 0 Å². The lowest BCUT2D eigenvalue weighted by Crippen LogP contribution is -2.16. The lowest BCUT2D eigenvalue weighted by molar-refractivity contribution is 0.0542. The highest BCUT2D eigenvalue weighted by Gasteiger charge is 2.03. The van der Waals surface area contributed by atoms with Crippen LogP contribution >= 0.6 is 0 Å². The minimum absolute atomic E-state index is 0.0473. The van der Waals surface area contributed by atoms with Crippen LogP contribution in [-0.2, 0) is 4.74 Å². The highest BCUT2D eigenvalue weighted by atomic mass is 16.5. The quantitative estimate of drug-likeness (QED) is 0.254. The number of hydrogen-bond donors (Lipinski definition) is 2. The van der Waals surface area contributed by atoms with Crippen LogP contribution in [0.2, 0.25) is 0 Å². The van der Waals surface area contributed by atoms with E-state index >= 15 is 0 Å². The molecule has 0 bridgehead atoms. The molecule has 0 aliphatic heterocycles. The third kappa shape index (κ3) is 4.69. The van der Waals surface area contributed by atoms with E-state index in [-0.39, 0.29) is 11.9 Å². The van der Waals surface area contributed by atoms with Crippen LogP contribution in [0.4, 0.5) is 0 Å². The van der Waals surface area contributed by atoms with Crippen molar-refractivity contribution in [3.05, 3.63) is 23.9 Å². The highest BCUT2D eigenvalue weighted by molar-refractivity contribution is 5.95. The Labute approximate surface area is 100 Å². The number of nitrogens with zero attached hydrogens (tertiary/aromatic N) is 2. The molecule has 0 radical (unpaired) electrons. The molecule has 94 valence electrons. The van der Waals surface area contributed by atoms with Gasteiger partial charge in [-0.05, 0) is 19.9 Å². The normalized spacial score (nSPS) is 11.8. The van der Waals surface area contributed by atoms with Gasteiger partial charge in [0.2, 0.25) is 5.88 Å². The molecule has 0 saturated carbocycles. The summed E-state index contributed by atoms with van der Waals surface area (Å²) in [5.74, 6) is 0.371. The third-order valence-electron chi connectivity index (χ3n) is 1.88. The van der Waals surface area contributed by atoms with Crippen molar-refractivity contribution in [2.75, 3.05) is 13.2 Å². The SMILES string of the molecule is CC(C)OCCOc1cccc(C(N)=NO)n1. The zero-order valence-electron chi connectivity index (χ0n) is 9.96. The van der Waals surface area contributed by atoms with Gasteiger partial charge in [0.25, 0.3) is 0 Å². The van der Waals surface area contributed by atoms with Gasteiger partial charge in [0.05, 0.1) is 12.7 Å². The predicted molar refractivity (Wildman–Crippen MR) is 63.3 cm³/mol. The zero-order valence-corrected chi connectivity index (χ0v) is 9.96. The number of hydrogen-bond acceptors (Lipinski definition) is 5. The van der Waals surface area contributed by atoms with Crippen molar-refractivity contribution in [3.8, 4) is 5.88 Å². The smallest absolute Gasteiger partial charge is 0.213 e. The van der Waals surface area contributed by atoms with Crippen LogP contribution in [0, 0.1) is 0 Å². The third-order valence-corrected chi connectivity index (χ3v) is 1.88. The molecule has 0 fully saturated rings. The van der Waals surface area contributed by atoms with Crippen molar-refractivity contribution >= 4 is 5.84 Å². The summed E-state index contributed by atoms with van der Waals surface area (Å²) in [4.78, 5) is 4.07. The molecular formula is C11H17N3O3. The summed E-state index contributed by atoms with van der Waals surface area (Å²) in [5, 5.41) is 11.4. The average Bonchev–Trinajstić information content (AvgIpc) is 2.34. The molecule has 0 aromatic carbocycles. The minimum atomic E-state index is -0.0473. The largest absolute Gasteiger partial charge is 0.475 e. The van der Waals surface area contributed by atoms with Crippen molar-refractivity contribution in [3.63, 3.8) is 0 Å². The van der Waals surface area contributed by atoms with Crippen molar-refractivity contribution in [1.82, 2.24) is 4.98 Å². The summed E-state index contributed by atoms with van der Waals surface area (Å²) >= 11 is 0. The second kappa shape index (κ2) is 6.70. The maximum atomic E-state index is 8.52. The van der Waals surface area contributed by atoms with Gasteiger partial charge < -0.3 is 20.4 Å². The van der Waals surface area contributed by atoms with Gasteiger partial charge in [-0.25, -0.2) is 4.98 Å². The average molecular weight is 239 g/mol. The van der Waals surface area contributed by atoms with E-state index in [0.717, 1.165) is 0 Å². The molecule has 0 amide bonds. The molecule has 3 N–H and O–H groups in total. The molecule has 0 aliphatic carbocycles. The van der Waals surface area contributed by atoms with E-state index in [0.29, 0.717) is 24.8 Å². The van der Waals surface area contributed by atoms with Crippen molar-refractivity contribution in [2.45, 2.75) is 20.0 Å². The Morgan fingerprint density at radius 2 is 2.24 bits per heavy atom. The Bertz CT molecular complexity index is 380. The summed E-state index contributed by atoms with van der Waals surface area (Å²) in [5.41, 5.74) is 5.79. The molecule has 1 aromatic heterocycles. The van der Waals surface area contributed by atoms with Crippen LogP contribution < -0.4 is 10.5 Å². The fourth-order valence-corrected chi connectivity index (χ4v) is 1.12. The van der Waals surface area contributed by atoms with Crippen LogP contribution in [0.1, 0.15) is 19.5 Å². The molecule has 0 saturated heterocycles. The monoisotopic (exact) mass is 239 g/mol. The fraction of sp³-hybridized carbons (Fsp3) is 0.455. The topological polar surface area (TPSA) is 90.0 Å². The molecule has 1 rings (SSSR count). The molecule has 17 heavy (non-hydrogen) atoms. The molecule has 6 nitrogen and oxygen atoms in total. The number of amidine groups is 1. The van der Waals surface area contributed by atoms with E-state index < -0.39 is 0 Å². The molecule has 1 aromatic rings. The first-order valence-electron chi connectivity index (χ1n) is 5.33. The van der Waals surface area contributed by atoms with Gasteiger partial charge in [0.1, 0.15) is 12.3 Å². The van der Waals surface area contributed by atoms with Crippen molar-refractivity contribution < 1.29 is 14.7 Å². The van der Waals surface area contributed by atoms with Gasteiger partial charge in [0.15, 0.2) is 5.84 Å². The standard InChI is InChI=1S/C11H17N3O3/c1-8(2)16-6-7-17-10-5-3-4-9(13-10)11(12)14-15/h3-5,8,15H,6-7H2,1-2H3,(H2,12,14). The second-order valence-electron chi connectivity index (χ2n) is 3.61. The van der Waals surface area contributed by atoms with Crippen molar-refractivity contribution in [1.29, 1.82) is 0 Å². The number of pyridine rings is 1. The Kier molecular flexibility index (Phi) is 5.22. The Balaban J connectivity index is 2.49. The van der Waals surface area contributed by atoms with Gasteiger partial charge in [0, 0.05) is 6.07 Å². The predicted octanol–water partition coefficient (Wildman–Crippen LogP) is 0.980. The zero-order chi connectivity index (χ0) is 12.7. The molecule has 6 heteroatoms. The van der Waals surface area contributed by atoms with Crippen LogP contribution in [0.25, 0.3) is 0 Å². The van der Waals surface area contributed by atoms with Gasteiger partial charge in [-0.1, -0.05) is 11.2 Å². The van der Waals surface area contributed by atoms with Gasteiger partial charge >= 0.3 is 0 Å². The maximum absolute atomic E-state index is 8.52. The Morgan fingerprint density at radius 3 is 2.88 bits per heavy atom. The number of aromatic nitrogens is 1. The molecule has 0 unspecified atom stereocenters. The van der Waals surface area contributed by atoms with Gasteiger partial charge in [-0.2, -0.15) is 0 Å². The number of rotatable bonds is 6. The first-order valence-corrected chi connectivity index (χ1v) is 5.33. The van der Waals surface area contributed by atoms with Gasteiger partial charge in [-0.15, -0.1) is 0 Å². The fourth-order valence-electron chi connectivity index (χ4n) is 1.12. The first kappa shape index (κ1) is 13.2.